The van der Waals surface area contributed by atoms with Crippen LogP contribution in [0.3, 0.4) is 0 Å². The standard InChI is InChI=1S/C17H19N5O2S2/c23-26(24,17-2-1-9-25-17)21-14-3-5-15(6-4-14)22-12-13(10-20-22)16-11-18-7-8-19-16/h1-2,7-12,14-15,21H,3-6H2. The van der Waals surface area contributed by atoms with Crippen LogP contribution < -0.4 is 4.72 Å². The summed E-state index contributed by atoms with van der Waals surface area (Å²) in [5, 5.41) is 6.24. The third-order valence-corrected chi connectivity index (χ3v) is 7.53. The van der Waals surface area contributed by atoms with Crippen molar-refractivity contribution in [3.8, 4) is 11.3 Å². The predicted octanol–water partition coefficient (Wildman–Crippen LogP) is 2.86. The molecule has 0 spiro atoms. The maximum Gasteiger partial charge on any atom is 0.250 e. The van der Waals surface area contributed by atoms with Gasteiger partial charge in [-0.2, -0.15) is 5.10 Å². The Morgan fingerprint density at radius 1 is 1.15 bits per heavy atom. The number of nitrogens with one attached hydrogen (secondary N) is 1. The molecule has 9 heteroatoms. The molecule has 1 aliphatic carbocycles. The minimum atomic E-state index is -3.40. The quantitative estimate of drug-likeness (QED) is 0.725. The molecule has 136 valence electrons. The highest BCUT2D eigenvalue weighted by Gasteiger charge is 2.27. The van der Waals surface area contributed by atoms with E-state index >= 15 is 0 Å². The van der Waals surface area contributed by atoms with Gasteiger partial charge in [0.1, 0.15) is 4.21 Å². The van der Waals surface area contributed by atoms with Gasteiger partial charge in [0.05, 0.1) is 24.1 Å². The highest BCUT2D eigenvalue weighted by atomic mass is 32.2. The first-order valence-corrected chi connectivity index (χ1v) is 10.8. The first-order chi connectivity index (χ1) is 12.6. The highest BCUT2D eigenvalue weighted by Crippen LogP contribution is 2.30. The van der Waals surface area contributed by atoms with Crippen molar-refractivity contribution < 1.29 is 8.42 Å². The van der Waals surface area contributed by atoms with Gasteiger partial charge in [0, 0.05) is 30.2 Å². The van der Waals surface area contributed by atoms with Crippen molar-refractivity contribution in [1.29, 1.82) is 0 Å². The molecule has 4 rings (SSSR count). The first kappa shape index (κ1) is 17.3. The van der Waals surface area contributed by atoms with Gasteiger partial charge in [-0.15, -0.1) is 11.3 Å². The van der Waals surface area contributed by atoms with Crippen LogP contribution in [0.1, 0.15) is 31.7 Å². The van der Waals surface area contributed by atoms with Crippen LogP contribution in [0, 0.1) is 0 Å². The Morgan fingerprint density at radius 2 is 2.00 bits per heavy atom. The van der Waals surface area contributed by atoms with Gasteiger partial charge < -0.3 is 0 Å². The summed E-state index contributed by atoms with van der Waals surface area (Å²) in [4.78, 5) is 8.38. The van der Waals surface area contributed by atoms with Crippen LogP contribution in [0.25, 0.3) is 11.3 Å². The second kappa shape index (κ2) is 7.26. The Kier molecular flexibility index (Phi) is 4.84. The van der Waals surface area contributed by atoms with Crippen LogP contribution in [-0.2, 0) is 10.0 Å². The van der Waals surface area contributed by atoms with Crippen molar-refractivity contribution >= 4 is 21.4 Å². The second-order valence-electron chi connectivity index (χ2n) is 6.36. The number of sulfonamides is 1. The zero-order valence-electron chi connectivity index (χ0n) is 14.0. The molecule has 7 nitrogen and oxygen atoms in total. The molecule has 0 unspecified atom stereocenters. The fourth-order valence-corrected chi connectivity index (χ4v) is 5.58. The molecule has 1 saturated carbocycles. The van der Waals surface area contributed by atoms with Crippen LogP contribution >= 0.6 is 11.3 Å². The van der Waals surface area contributed by atoms with E-state index in [2.05, 4.69) is 19.8 Å². The molecule has 0 atom stereocenters. The van der Waals surface area contributed by atoms with E-state index in [4.69, 9.17) is 0 Å². The van der Waals surface area contributed by atoms with Crippen molar-refractivity contribution in [1.82, 2.24) is 24.5 Å². The average molecular weight is 390 g/mol. The Morgan fingerprint density at radius 3 is 2.69 bits per heavy atom. The van der Waals surface area contributed by atoms with Gasteiger partial charge in [0.25, 0.3) is 0 Å². The SMILES string of the molecule is O=S(=O)(NC1CCC(n2cc(-c3cnccn3)cn2)CC1)c1cccs1. The Balaban J connectivity index is 1.38. The number of thiophene rings is 1. The molecule has 0 amide bonds. The van der Waals surface area contributed by atoms with Crippen molar-refractivity contribution in [2.75, 3.05) is 0 Å². The molecule has 0 bridgehead atoms. The van der Waals surface area contributed by atoms with E-state index < -0.39 is 10.0 Å². The lowest BCUT2D eigenvalue weighted by atomic mass is 9.92. The molecule has 0 aromatic carbocycles. The molecule has 3 aromatic heterocycles. The third kappa shape index (κ3) is 3.69. The topological polar surface area (TPSA) is 89.8 Å². The molecule has 1 fully saturated rings. The van der Waals surface area contributed by atoms with Gasteiger partial charge in [-0.25, -0.2) is 13.1 Å². The number of aromatic nitrogens is 4. The number of nitrogens with zero attached hydrogens (tertiary/aromatic N) is 4. The minimum absolute atomic E-state index is 0.0200. The molecule has 1 N–H and O–H groups in total. The number of hydrogen-bond acceptors (Lipinski definition) is 6. The van der Waals surface area contributed by atoms with E-state index in [-0.39, 0.29) is 12.1 Å². The largest absolute Gasteiger partial charge is 0.269 e. The van der Waals surface area contributed by atoms with E-state index in [1.54, 1.807) is 42.3 Å². The Labute approximate surface area is 156 Å². The van der Waals surface area contributed by atoms with Crippen molar-refractivity contribution in [2.24, 2.45) is 0 Å². The van der Waals surface area contributed by atoms with Crippen LogP contribution in [0.15, 0.2) is 52.7 Å². The van der Waals surface area contributed by atoms with Crippen molar-refractivity contribution in [3.05, 3.63) is 48.5 Å². The lowest BCUT2D eigenvalue weighted by Gasteiger charge is -2.28. The van der Waals surface area contributed by atoms with Crippen LogP contribution in [0.2, 0.25) is 0 Å². The summed E-state index contributed by atoms with van der Waals surface area (Å²) in [6.07, 6.45) is 12.2. The van der Waals surface area contributed by atoms with E-state index in [1.165, 1.54) is 11.3 Å². The Bertz CT molecular complexity index is 946. The first-order valence-electron chi connectivity index (χ1n) is 8.48. The summed E-state index contributed by atoms with van der Waals surface area (Å²) in [6.45, 7) is 0. The lowest BCUT2D eigenvalue weighted by Crippen LogP contribution is -2.37. The van der Waals surface area contributed by atoms with E-state index in [1.807, 2.05) is 10.9 Å². The van der Waals surface area contributed by atoms with Gasteiger partial charge in [-0.05, 0) is 37.1 Å². The van der Waals surface area contributed by atoms with Gasteiger partial charge >= 0.3 is 0 Å². The summed E-state index contributed by atoms with van der Waals surface area (Å²) in [6, 6.07) is 3.65. The molecule has 0 saturated heterocycles. The summed E-state index contributed by atoms with van der Waals surface area (Å²) >= 11 is 1.24. The van der Waals surface area contributed by atoms with Crippen LogP contribution in [-0.4, -0.2) is 34.2 Å². The molecule has 1 aliphatic rings. The van der Waals surface area contributed by atoms with E-state index in [9.17, 15) is 8.42 Å². The number of rotatable bonds is 5. The molecule has 26 heavy (non-hydrogen) atoms. The van der Waals surface area contributed by atoms with Crippen molar-refractivity contribution in [2.45, 2.75) is 42.0 Å². The van der Waals surface area contributed by atoms with Crippen molar-refractivity contribution in [3.63, 3.8) is 0 Å². The van der Waals surface area contributed by atoms with Gasteiger partial charge in [-0.3, -0.25) is 14.6 Å². The smallest absolute Gasteiger partial charge is 0.250 e. The normalized spacial score (nSPS) is 20.9. The lowest BCUT2D eigenvalue weighted by molar-refractivity contribution is 0.294. The highest BCUT2D eigenvalue weighted by molar-refractivity contribution is 7.91. The van der Waals surface area contributed by atoms with E-state index in [0.29, 0.717) is 4.21 Å². The molecular weight excluding hydrogens is 370 g/mol. The maximum atomic E-state index is 12.3. The molecule has 3 heterocycles. The number of hydrogen-bond donors (Lipinski definition) is 1. The summed E-state index contributed by atoms with van der Waals surface area (Å²) < 4.78 is 29.9. The predicted molar refractivity (Wildman–Crippen MR) is 99.2 cm³/mol. The zero-order chi connectivity index (χ0) is 18.0. The molecule has 0 aliphatic heterocycles. The average Bonchev–Trinajstić information content (AvgIpc) is 3.35. The van der Waals surface area contributed by atoms with Crippen LogP contribution in [0.4, 0.5) is 0 Å². The third-order valence-electron chi connectivity index (χ3n) is 4.61. The van der Waals surface area contributed by atoms with Crippen LogP contribution in [0.5, 0.6) is 0 Å². The van der Waals surface area contributed by atoms with Gasteiger partial charge in [0.15, 0.2) is 0 Å². The fraction of sp³-hybridized carbons (Fsp3) is 0.353. The Hall–Kier alpha value is -2.10. The minimum Gasteiger partial charge on any atom is -0.269 e. The maximum absolute atomic E-state index is 12.3. The fourth-order valence-electron chi connectivity index (χ4n) is 3.27. The molecule has 3 aromatic rings. The monoisotopic (exact) mass is 389 g/mol. The molecule has 0 radical (unpaired) electrons. The van der Waals surface area contributed by atoms with E-state index in [0.717, 1.165) is 36.9 Å². The summed E-state index contributed by atoms with van der Waals surface area (Å²) in [5.41, 5.74) is 1.75. The summed E-state index contributed by atoms with van der Waals surface area (Å²) in [5.74, 6) is 0. The summed E-state index contributed by atoms with van der Waals surface area (Å²) in [7, 11) is -3.40. The second-order valence-corrected chi connectivity index (χ2v) is 9.25. The van der Waals surface area contributed by atoms with Gasteiger partial charge in [0.2, 0.25) is 10.0 Å². The molecular formula is C17H19N5O2S2. The van der Waals surface area contributed by atoms with Gasteiger partial charge in [-0.1, -0.05) is 6.07 Å². The zero-order valence-corrected chi connectivity index (χ0v) is 15.7.